The Morgan fingerprint density at radius 2 is 2.03 bits per heavy atom. The van der Waals surface area contributed by atoms with Crippen LogP contribution in [0.15, 0.2) is 35.1 Å². The smallest absolute Gasteiger partial charge is 0.277 e. The molecule has 0 saturated carbocycles. The van der Waals surface area contributed by atoms with Crippen LogP contribution in [0.25, 0.3) is 21.8 Å². The van der Waals surface area contributed by atoms with Gasteiger partial charge >= 0.3 is 0 Å². The lowest BCUT2D eigenvalue weighted by molar-refractivity contribution is 0.102. The summed E-state index contributed by atoms with van der Waals surface area (Å²) in [5, 5.41) is 14.0. The number of pyridine rings is 2. The number of aromatic nitrogens is 4. The number of aliphatic hydroxyl groups excluding tert-OH is 1. The lowest BCUT2D eigenvalue weighted by Crippen LogP contribution is -2.36. The molecule has 6 heterocycles. The van der Waals surface area contributed by atoms with Crippen molar-refractivity contribution < 1.29 is 19.1 Å². The van der Waals surface area contributed by atoms with E-state index in [1.54, 1.807) is 12.3 Å². The van der Waals surface area contributed by atoms with E-state index in [2.05, 4.69) is 20.2 Å². The number of carbonyl (C=O) groups excluding carboxylic acids is 1. The number of hydrogen-bond acceptors (Lipinski definition) is 11. The lowest BCUT2D eigenvalue weighted by atomic mass is 10.2. The zero-order chi connectivity index (χ0) is 24.6. The molecule has 2 saturated heterocycles. The van der Waals surface area contributed by atoms with Crippen LogP contribution in [0.4, 0.5) is 16.6 Å². The third-order valence-electron chi connectivity index (χ3n) is 6.22. The molecule has 1 atom stereocenters. The minimum atomic E-state index is -0.438. The van der Waals surface area contributed by atoms with Gasteiger partial charge in [-0.3, -0.25) is 9.78 Å². The standard InChI is InChI=1S/C24H25N7O4S/c1-14-10-15(2-4-25-14)23-27-18(13-35-23)22(33)26-17-11-19-20(28-21(17)31-5-3-16(32)12-31)29-24(36-19)30-6-8-34-9-7-30/h2,4,10-11,13,16,32H,3,5-9,12H2,1H3,(H,26,33)/t16-/m1/s1. The third-order valence-corrected chi connectivity index (χ3v) is 7.28. The highest BCUT2D eigenvalue weighted by Crippen LogP contribution is 2.36. The molecule has 2 N–H and O–H groups in total. The minimum Gasteiger partial charge on any atom is -0.444 e. The number of ether oxygens (including phenoxy) is 1. The Kier molecular flexibility index (Phi) is 5.99. The molecule has 1 amide bonds. The molecule has 0 unspecified atom stereocenters. The van der Waals surface area contributed by atoms with Gasteiger partial charge in [-0.1, -0.05) is 11.3 Å². The summed E-state index contributed by atoms with van der Waals surface area (Å²) in [6, 6.07) is 5.53. The van der Waals surface area contributed by atoms with E-state index in [0.29, 0.717) is 55.8 Å². The number of fused-ring (bicyclic) bond motifs is 1. The summed E-state index contributed by atoms with van der Waals surface area (Å²) in [5.41, 5.74) is 2.90. The second kappa shape index (κ2) is 9.45. The normalized spacial score (nSPS) is 18.2. The summed E-state index contributed by atoms with van der Waals surface area (Å²) >= 11 is 1.53. The van der Waals surface area contributed by atoms with Crippen LogP contribution in [-0.2, 0) is 4.74 Å². The Hall–Kier alpha value is -3.61. The highest BCUT2D eigenvalue weighted by Gasteiger charge is 2.27. The topological polar surface area (TPSA) is 130 Å². The molecule has 186 valence electrons. The molecular formula is C24H25N7O4S. The van der Waals surface area contributed by atoms with Gasteiger partial charge < -0.3 is 29.4 Å². The number of anilines is 3. The van der Waals surface area contributed by atoms with Crippen LogP contribution >= 0.6 is 11.3 Å². The number of thiazole rings is 1. The van der Waals surface area contributed by atoms with Crippen LogP contribution in [0, 0.1) is 6.92 Å². The molecule has 2 aliphatic rings. The summed E-state index contributed by atoms with van der Waals surface area (Å²) in [5.74, 6) is 0.523. The van der Waals surface area contributed by atoms with Crippen molar-refractivity contribution in [3.8, 4) is 11.5 Å². The molecule has 11 nitrogen and oxygen atoms in total. The SMILES string of the molecule is Cc1cc(-c2nc(C(=O)Nc3cc4sc(N5CCOCC5)nc4nc3N3CC[C@@H](O)C3)co2)ccn1. The number of carbonyl (C=O) groups is 1. The van der Waals surface area contributed by atoms with Crippen LogP contribution in [-0.4, -0.2) is 76.4 Å². The quantitative estimate of drug-likeness (QED) is 0.416. The Morgan fingerprint density at radius 3 is 2.81 bits per heavy atom. The van der Waals surface area contributed by atoms with Gasteiger partial charge in [0.05, 0.1) is 29.7 Å². The molecule has 0 spiro atoms. The molecule has 2 aliphatic heterocycles. The predicted molar refractivity (Wildman–Crippen MR) is 136 cm³/mol. The van der Waals surface area contributed by atoms with Crippen molar-refractivity contribution >= 4 is 44.2 Å². The first-order valence-corrected chi connectivity index (χ1v) is 12.6. The van der Waals surface area contributed by atoms with Gasteiger partial charge in [0.1, 0.15) is 6.26 Å². The molecule has 2 fully saturated rings. The largest absolute Gasteiger partial charge is 0.444 e. The van der Waals surface area contributed by atoms with Gasteiger partial charge in [0.2, 0.25) is 5.89 Å². The Morgan fingerprint density at radius 1 is 1.17 bits per heavy atom. The first-order valence-electron chi connectivity index (χ1n) is 11.8. The predicted octanol–water partition coefficient (Wildman–Crippen LogP) is 2.71. The van der Waals surface area contributed by atoms with Gasteiger partial charge in [0, 0.05) is 43.6 Å². The van der Waals surface area contributed by atoms with E-state index in [-0.39, 0.29) is 5.69 Å². The first-order chi connectivity index (χ1) is 17.5. The van der Waals surface area contributed by atoms with E-state index in [0.717, 1.165) is 34.2 Å². The summed E-state index contributed by atoms with van der Waals surface area (Å²) in [7, 11) is 0. The highest BCUT2D eigenvalue weighted by molar-refractivity contribution is 7.22. The number of β-amino-alcohol motifs (C(OH)–C–C–N with tert-alkyl or cyclic N) is 1. The highest BCUT2D eigenvalue weighted by atomic mass is 32.1. The van der Waals surface area contributed by atoms with Crippen molar-refractivity contribution in [1.29, 1.82) is 0 Å². The van der Waals surface area contributed by atoms with Gasteiger partial charge in [-0.2, -0.15) is 4.98 Å². The number of nitrogens with one attached hydrogen (secondary N) is 1. The molecule has 36 heavy (non-hydrogen) atoms. The molecular weight excluding hydrogens is 482 g/mol. The molecule has 0 aliphatic carbocycles. The van der Waals surface area contributed by atoms with Crippen LogP contribution in [0.3, 0.4) is 0 Å². The van der Waals surface area contributed by atoms with E-state index in [4.69, 9.17) is 19.1 Å². The fourth-order valence-corrected chi connectivity index (χ4v) is 5.38. The first kappa shape index (κ1) is 22.8. The number of amides is 1. The van der Waals surface area contributed by atoms with Crippen LogP contribution in [0.1, 0.15) is 22.6 Å². The average Bonchev–Trinajstić information content (AvgIpc) is 3.63. The summed E-state index contributed by atoms with van der Waals surface area (Å²) in [6.45, 7) is 5.85. The second-order valence-electron chi connectivity index (χ2n) is 8.84. The molecule has 0 bridgehead atoms. The second-order valence-corrected chi connectivity index (χ2v) is 9.85. The number of nitrogens with zero attached hydrogens (tertiary/aromatic N) is 6. The Labute approximate surface area is 210 Å². The average molecular weight is 508 g/mol. The van der Waals surface area contributed by atoms with Crippen molar-refractivity contribution in [3.05, 3.63) is 42.0 Å². The van der Waals surface area contributed by atoms with E-state index < -0.39 is 12.0 Å². The van der Waals surface area contributed by atoms with Gasteiger partial charge in [-0.15, -0.1) is 0 Å². The monoisotopic (exact) mass is 507 g/mol. The van der Waals surface area contributed by atoms with E-state index in [9.17, 15) is 9.90 Å². The van der Waals surface area contributed by atoms with Gasteiger partial charge in [-0.05, 0) is 31.5 Å². The van der Waals surface area contributed by atoms with Crippen LogP contribution in [0.2, 0.25) is 0 Å². The number of morpholine rings is 1. The zero-order valence-electron chi connectivity index (χ0n) is 19.7. The van der Waals surface area contributed by atoms with Crippen molar-refractivity contribution in [2.24, 2.45) is 0 Å². The Bertz CT molecular complexity index is 1410. The maximum absolute atomic E-state index is 13.2. The molecule has 12 heteroatoms. The fraction of sp³-hybridized carbons (Fsp3) is 0.375. The zero-order valence-corrected chi connectivity index (χ0v) is 20.5. The van der Waals surface area contributed by atoms with E-state index >= 15 is 0 Å². The maximum atomic E-state index is 13.2. The molecule has 6 rings (SSSR count). The minimum absolute atomic E-state index is 0.158. The van der Waals surface area contributed by atoms with Crippen LogP contribution < -0.4 is 15.1 Å². The lowest BCUT2D eigenvalue weighted by Gasteiger charge is -2.25. The van der Waals surface area contributed by atoms with Crippen molar-refractivity contribution in [2.45, 2.75) is 19.4 Å². The number of oxazole rings is 1. The van der Waals surface area contributed by atoms with Crippen molar-refractivity contribution in [1.82, 2.24) is 19.9 Å². The van der Waals surface area contributed by atoms with E-state index in [1.165, 1.54) is 17.6 Å². The van der Waals surface area contributed by atoms with Crippen molar-refractivity contribution in [2.75, 3.05) is 54.5 Å². The molecule has 0 aromatic carbocycles. The molecule has 4 aromatic heterocycles. The molecule has 0 radical (unpaired) electrons. The van der Waals surface area contributed by atoms with E-state index in [1.807, 2.05) is 24.0 Å². The van der Waals surface area contributed by atoms with Gasteiger partial charge in [0.25, 0.3) is 5.91 Å². The number of aryl methyl sites for hydroxylation is 1. The summed E-state index contributed by atoms with van der Waals surface area (Å²) in [4.78, 5) is 35.4. The summed E-state index contributed by atoms with van der Waals surface area (Å²) < 4.78 is 11.9. The van der Waals surface area contributed by atoms with Gasteiger partial charge in [-0.25, -0.2) is 9.97 Å². The number of rotatable bonds is 5. The van der Waals surface area contributed by atoms with Gasteiger partial charge in [0.15, 0.2) is 22.3 Å². The summed E-state index contributed by atoms with van der Waals surface area (Å²) in [6.07, 6.45) is 3.22. The third kappa shape index (κ3) is 4.50. The Balaban J connectivity index is 1.31. The van der Waals surface area contributed by atoms with Crippen LogP contribution in [0.5, 0.6) is 0 Å². The number of hydrogen-bond donors (Lipinski definition) is 2. The fourth-order valence-electron chi connectivity index (χ4n) is 4.38. The number of aliphatic hydroxyl groups is 1. The maximum Gasteiger partial charge on any atom is 0.277 e. The molecule has 4 aromatic rings. The van der Waals surface area contributed by atoms with Crippen molar-refractivity contribution in [3.63, 3.8) is 0 Å².